The number of nitrogens with two attached hydrogens (primary N) is 1. The van der Waals surface area contributed by atoms with Crippen LogP contribution in [0.15, 0.2) is 30.3 Å². The molecule has 11 heteroatoms. The van der Waals surface area contributed by atoms with Gasteiger partial charge >= 0.3 is 5.97 Å². The molecule has 0 saturated heterocycles. The van der Waals surface area contributed by atoms with Crippen molar-refractivity contribution in [1.82, 2.24) is 20.4 Å². The van der Waals surface area contributed by atoms with Crippen molar-refractivity contribution >= 4 is 29.6 Å². The normalized spacial score (nSPS) is 14.8. The number of carboxylic acid groups (broad SMARTS) is 1. The van der Waals surface area contributed by atoms with E-state index in [0.717, 1.165) is 5.56 Å². The fraction of sp³-hybridized carbons (Fsp3) is 0.686. The maximum atomic E-state index is 14.0. The third kappa shape index (κ3) is 13.5. The van der Waals surface area contributed by atoms with Crippen molar-refractivity contribution in [3.8, 4) is 0 Å². The average molecular weight is 646 g/mol. The Morgan fingerprint density at radius 3 is 1.46 bits per heavy atom. The highest BCUT2D eigenvalue weighted by atomic mass is 16.4. The Labute approximate surface area is 276 Å². The minimum absolute atomic E-state index is 0.0182. The third-order valence-electron chi connectivity index (χ3n) is 7.88. The maximum absolute atomic E-state index is 14.0. The highest BCUT2D eigenvalue weighted by Crippen LogP contribution is 2.18. The molecule has 5 atom stereocenters. The van der Waals surface area contributed by atoms with Crippen LogP contribution < -0.4 is 16.4 Å². The van der Waals surface area contributed by atoms with E-state index in [1.807, 2.05) is 85.7 Å². The van der Waals surface area contributed by atoms with Gasteiger partial charge < -0.3 is 31.3 Å². The fourth-order valence-corrected chi connectivity index (χ4v) is 5.47. The number of nitrogens with one attached hydrogen (secondary N) is 2. The Balaban J connectivity index is 3.28. The lowest BCUT2D eigenvalue weighted by atomic mass is 9.96. The van der Waals surface area contributed by atoms with Gasteiger partial charge in [0.25, 0.3) is 0 Å². The first-order chi connectivity index (χ1) is 21.3. The zero-order valence-electron chi connectivity index (χ0n) is 29.6. The molecule has 0 radical (unpaired) electrons. The van der Waals surface area contributed by atoms with Crippen LogP contribution in [0.2, 0.25) is 0 Å². The number of benzene rings is 1. The molecule has 0 aliphatic carbocycles. The fourth-order valence-electron chi connectivity index (χ4n) is 5.47. The molecule has 1 aromatic carbocycles. The monoisotopic (exact) mass is 645 g/mol. The number of carbonyl (C=O) groups excluding carboxylic acids is 4. The van der Waals surface area contributed by atoms with Gasteiger partial charge in [-0.15, -0.1) is 0 Å². The van der Waals surface area contributed by atoms with Gasteiger partial charge in [-0.05, 0) is 61.3 Å². The predicted octanol–water partition coefficient (Wildman–Crippen LogP) is 3.45. The Bertz CT molecular complexity index is 1140. The van der Waals surface area contributed by atoms with E-state index in [4.69, 9.17) is 5.73 Å². The molecule has 0 aliphatic rings. The average Bonchev–Trinajstić information content (AvgIpc) is 2.96. The Morgan fingerprint density at radius 1 is 0.652 bits per heavy atom. The summed E-state index contributed by atoms with van der Waals surface area (Å²) >= 11 is 0. The Kier molecular flexibility index (Phi) is 17.0. The second kappa shape index (κ2) is 19.3. The number of hydrogen-bond acceptors (Lipinski definition) is 6. The van der Waals surface area contributed by atoms with E-state index in [-0.39, 0.29) is 36.0 Å². The number of amides is 4. The number of rotatable bonds is 19. The van der Waals surface area contributed by atoms with Gasteiger partial charge in [-0.1, -0.05) is 85.7 Å². The van der Waals surface area contributed by atoms with Crippen LogP contribution in [0, 0.1) is 23.7 Å². The first-order valence-electron chi connectivity index (χ1n) is 16.5. The lowest BCUT2D eigenvalue weighted by Gasteiger charge is -2.35. The minimum atomic E-state index is -1.14. The number of nitrogens with zero attached hydrogens (tertiary/aromatic N) is 2. The topological polar surface area (TPSA) is 162 Å². The first-order valence-corrected chi connectivity index (χ1v) is 16.5. The van der Waals surface area contributed by atoms with Gasteiger partial charge in [0.1, 0.15) is 24.2 Å². The second-order valence-electron chi connectivity index (χ2n) is 14.2. The van der Waals surface area contributed by atoms with Crippen molar-refractivity contribution in [2.75, 3.05) is 14.1 Å². The summed E-state index contributed by atoms with van der Waals surface area (Å²) in [5.41, 5.74) is 7.20. The quantitative estimate of drug-likeness (QED) is 0.179. The predicted molar refractivity (Wildman–Crippen MR) is 181 cm³/mol. The van der Waals surface area contributed by atoms with Crippen LogP contribution in [-0.2, 0) is 30.4 Å². The SMILES string of the molecule is CC(C)CC(NC(=O)C(CC(C)C)N(C)C(=O)C(CC(C)C)NC(=O)C(CC(C)C)N(C)C(=O)C(N)Cc1ccccc1)C(=O)O. The standard InChI is InChI=1S/C35H59N5O6/c1-21(2)16-27(34(44)40(10)30(19-24(7)8)32(42)38-28(35(45)46)17-22(3)4)37-31(41)29(18-23(5)6)39(9)33(43)26(36)20-25-14-12-11-13-15-25/h11-15,21-24,26-30H,16-20,36H2,1-10H3,(H,37,41)(H,38,42)(H,45,46). The Hall–Kier alpha value is -3.47. The lowest BCUT2D eigenvalue weighted by Crippen LogP contribution is -2.59. The van der Waals surface area contributed by atoms with Gasteiger partial charge in [-0.25, -0.2) is 4.79 Å². The summed E-state index contributed by atoms with van der Waals surface area (Å²) in [7, 11) is 3.07. The van der Waals surface area contributed by atoms with E-state index in [1.54, 1.807) is 7.05 Å². The van der Waals surface area contributed by atoms with Gasteiger partial charge in [0.15, 0.2) is 0 Å². The van der Waals surface area contributed by atoms with Crippen LogP contribution in [0.5, 0.6) is 0 Å². The first kappa shape index (κ1) is 40.6. The third-order valence-corrected chi connectivity index (χ3v) is 7.88. The summed E-state index contributed by atoms with van der Waals surface area (Å²) in [5.74, 6) is -2.87. The summed E-state index contributed by atoms with van der Waals surface area (Å²) in [4.78, 5) is 69.3. The molecule has 260 valence electrons. The minimum Gasteiger partial charge on any atom is -0.480 e. The summed E-state index contributed by atoms with van der Waals surface area (Å²) in [6, 6.07) is 4.69. The Morgan fingerprint density at radius 2 is 1.04 bits per heavy atom. The second-order valence-corrected chi connectivity index (χ2v) is 14.2. The molecular weight excluding hydrogens is 586 g/mol. The summed E-state index contributed by atoms with van der Waals surface area (Å²) in [6.45, 7) is 15.3. The molecule has 0 fully saturated rings. The van der Waals surface area contributed by atoms with E-state index >= 15 is 0 Å². The molecule has 0 heterocycles. The molecule has 0 saturated carbocycles. The van der Waals surface area contributed by atoms with E-state index < -0.39 is 53.9 Å². The molecular formula is C35H59N5O6. The smallest absolute Gasteiger partial charge is 0.326 e. The molecule has 1 rings (SSSR count). The van der Waals surface area contributed by atoms with Crippen molar-refractivity contribution < 1.29 is 29.1 Å². The van der Waals surface area contributed by atoms with Gasteiger partial charge in [-0.2, -0.15) is 0 Å². The van der Waals surface area contributed by atoms with Crippen molar-refractivity contribution in [2.24, 2.45) is 29.4 Å². The van der Waals surface area contributed by atoms with E-state index in [0.29, 0.717) is 25.7 Å². The summed E-state index contributed by atoms with van der Waals surface area (Å²) < 4.78 is 0. The van der Waals surface area contributed by atoms with Gasteiger partial charge in [0, 0.05) is 14.1 Å². The van der Waals surface area contributed by atoms with Crippen LogP contribution in [0.1, 0.15) is 86.6 Å². The molecule has 0 aromatic heterocycles. The molecule has 5 unspecified atom stereocenters. The van der Waals surface area contributed by atoms with Crippen molar-refractivity contribution in [3.05, 3.63) is 35.9 Å². The summed E-state index contributed by atoms with van der Waals surface area (Å²) in [5, 5.41) is 15.2. The number of likely N-dealkylation sites (N-methyl/N-ethyl adjacent to an activating group) is 2. The number of carboxylic acids is 1. The molecule has 5 N–H and O–H groups in total. The van der Waals surface area contributed by atoms with Crippen molar-refractivity contribution in [1.29, 1.82) is 0 Å². The van der Waals surface area contributed by atoms with Crippen LogP contribution >= 0.6 is 0 Å². The van der Waals surface area contributed by atoms with Gasteiger partial charge in [0.2, 0.25) is 23.6 Å². The zero-order valence-corrected chi connectivity index (χ0v) is 29.6. The van der Waals surface area contributed by atoms with Crippen LogP contribution in [0.4, 0.5) is 0 Å². The highest BCUT2D eigenvalue weighted by Gasteiger charge is 2.37. The van der Waals surface area contributed by atoms with Crippen LogP contribution in [0.25, 0.3) is 0 Å². The number of hydrogen-bond donors (Lipinski definition) is 4. The van der Waals surface area contributed by atoms with Crippen molar-refractivity contribution in [3.63, 3.8) is 0 Å². The number of aliphatic carboxylic acids is 1. The highest BCUT2D eigenvalue weighted by molar-refractivity contribution is 5.95. The van der Waals surface area contributed by atoms with E-state index in [1.165, 1.54) is 16.8 Å². The molecule has 4 amide bonds. The van der Waals surface area contributed by atoms with Gasteiger partial charge in [-0.3, -0.25) is 19.2 Å². The van der Waals surface area contributed by atoms with Crippen molar-refractivity contribution in [2.45, 2.75) is 118 Å². The molecule has 11 nitrogen and oxygen atoms in total. The van der Waals surface area contributed by atoms with E-state index in [2.05, 4.69) is 10.6 Å². The molecule has 0 bridgehead atoms. The molecule has 1 aromatic rings. The number of carbonyl (C=O) groups is 5. The summed E-state index contributed by atoms with van der Waals surface area (Å²) in [6.07, 6.45) is 1.53. The van der Waals surface area contributed by atoms with E-state index in [9.17, 15) is 29.1 Å². The van der Waals surface area contributed by atoms with Crippen LogP contribution in [-0.4, -0.2) is 88.8 Å². The zero-order chi connectivity index (χ0) is 35.3. The largest absolute Gasteiger partial charge is 0.480 e. The maximum Gasteiger partial charge on any atom is 0.326 e. The van der Waals surface area contributed by atoms with Gasteiger partial charge in [0.05, 0.1) is 6.04 Å². The molecule has 0 aliphatic heterocycles. The molecule has 46 heavy (non-hydrogen) atoms. The lowest BCUT2D eigenvalue weighted by molar-refractivity contribution is -0.146. The van der Waals surface area contributed by atoms with Crippen LogP contribution in [0.3, 0.4) is 0 Å². The molecule has 0 spiro atoms.